The fourth-order valence-corrected chi connectivity index (χ4v) is 2.87. The fourth-order valence-electron chi connectivity index (χ4n) is 2.87. The van der Waals surface area contributed by atoms with Gasteiger partial charge in [0.05, 0.1) is 7.11 Å². The molecule has 1 saturated heterocycles. The van der Waals surface area contributed by atoms with Gasteiger partial charge >= 0.3 is 6.09 Å². The van der Waals surface area contributed by atoms with Gasteiger partial charge in [-0.25, -0.2) is 4.79 Å². The molecule has 0 atom stereocenters. The minimum atomic E-state index is -0.491. The third kappa shape index (κ3) is 5.11. The van der Waals surface area contributed by atoms with Crippen LogP contribution in [0, 0.1) is 0 Å². The highest BCUT2D eigenvalue weighted by molar-refractivity contribution is 5.94. The minimum absolute atomic E-state index is 0.0154. The van der Waals surface area contributed by atoms with Gasteiger partial charge in [0.1, 0.15) is 11.4 Å². The Labute approximate surface area is 149 Å². The average Bonchev–Trinajstić information content (AvgIpc) is 2.59. The maximum absolute atomic E-state index is 12.6. The molecule has 0 aromatic heterocycles. The van der Waals surface area contributed by atoms with Gasteiger partial charge < -0.3 is 19.3 Å². The summed E-state index contributed by atoms with van der Waals surface area (Å²) in [5, 5.41) is 0. The van der Waals surface area contributed by atoms with Crippen molar-refractivity contribution in [2.24, 2.45) is 0 Å². The Kier molecular flexibility index (Phi) is 5.93. The molecule has 6 nitrogen and oxygen atoms in total. The lowest BCUT2D eigenvalue weighted by molar-refractivity contribution is 0.0160. The van der Waals surface area contributed by atoms with Crippen molar-refractivity contribution in [3.63, 3.8) is 0 Å². The van der Waals surface area contributed by atoms with E-state index < -0.39 is 5.60 Å². The van der Waals surface area contributed by atoms with Gasteiger partial charge in [-0.2, -0.15) is 0 Å². The van der Waals surface area contributed by atoms with Crippen LogP contribution in [0.5, 0.6) is 5.75 Å². The van der Waals surface area contributed by atoms with Crippen LogP contribution in [0.15, 0.2) is 24.3 Å². The van der Waals surface area contributed by atoms with Crippen LogP contribution in [0.1, 0.15) is 44.0 Å². The van der Waals surface area contributed by atoms with Crippen molar-refractivity contribution in [1.29, 1.82) is 0 Å². The van der Waals surface area contributed by atoms with Gasteiger partial charge in [0.15, 0.2) is 0 Å². The first-order valence-corrected chi connectivity index (χ1v) is 8.60. The van der Waals surface area contributed by atoms with Gasteiger partial charge in [-0.05, 0) is 57.9 Å². The SMILES string of the molecule is COc1ccc(C(=O)N(C)C2CCN(C(=O)OC(C)(C)C)CC2)cc1. The Morgan fingerprint density at radius 3 is 2.16 bits per heavy atom. The normalized spacial score (nSPS) is 15.6. The molecule has 0 N–H and O–H groups in total. The first kappa shape index (κ1) is 19.1. The number of amides is 2. The quantitative estimate of drug-likeness (QED) is 0.842. The van der Waals surface area contributed by atoms with Crippen LogP contribution in [0.3, 0.4) is 0 Å². The molecule has 1 heterocycles. The molecule has 0 bridgehead atoms. The summed E-state index contributed by atoms with van der Waals surface area (Å²) in [7, 11) is 3.42. The van der Waals surface area contributed by atoms with Crippen molar-refractivity contribution >= 4 is 12.0 Å². The van der Waals surface area contributed by atoms with Crippen molar-refractivity contribution in [2.75, 3.05) is 27.2 Å². The van der Waals surface area contributed by atoms with E-state index in [1.807, 2.05) is 27.8 Å². The second kappa shape index (κ2) is 7.76. The standard InChI is InChI=1S/C19H28N2O4/c1-19(2,3)25-18(23)21-12-10-15(11-13-21)20(4)17(22)14-6-8-16(24-5)9-7-14/h6-9,15H,10-13H2,1-5H3. The van der Waals surface area contributed by atoms with Crippen molar-refractivity contribution < 1.29 is 19.1 Å². The van der Waals surface area contributed by atoms with E-state index in [2.05, 4.69) is 0 Å². The monoisotopic (exact) mass is 348 g/mol. The molecule has 0 saturated carbocycles. The molecule has 2 amide bonds. The van der Waals surface area contributed by atoms with Gasteiger partial charge in [0, 0.05) is 31.7 Å². The fraction of sp³-hybridized carbons (Fsp3) is 0.579. The van der Waals surface area contributed by atoms with Gasteiger partial charge in [-0.3, -0.25) is 4.79 Å². The Morgan fingerprint density at radius 2 is 1.68 bits per heavy atom. The summed E-state index contributed by atoms with van der Waals surface area (Å²) >= 11 is 0. The highest BCUT2D eigenvalue weighted by Gasteiger charge is 2.30. The number of likely N-dealkylation sites (tertiary alicyclic amines) is 1. The van der Waals surface area contributed by atoms with Crippen molar-refractivity contribution in [3.8, 4) is 5.75 Å². The Bertz CT molecular complexity index is 599. The lowest BCUT2D eigenvalue weighted by Crippen LogP contribution is -2.48. The van der Waals surface area contributed by atoms with Gasteiger partial charge in [-0.1, -0.05) is 0 Å². The average molecular weight is 348 g/mol. The zero-order valence-electron chi connectivity index (χ0n) is 15.7. The van der Waals surface area contributed by atoms with Gasteiger partial charge in [0.25, 0.3) is 5.91 Å². The molecule has 6 heteroatoms. The lowest BCUT2D eigenvalue weighted by atomic mass is 10.0. The third-order valence-corrected chi connectivity index (χ3v) is 4.32. The van der Waals surface area contributed by atoms with Crippen molar-refractivity contribution in [2.45, 2.75) is 45.3 Å². The smallest absolute Gasteiger partial charge is 0.410 e. The molecule has 0 aliphatic carbocycles. The van der Waals surface area contributed by atoms with Crippen LogP contribution in [0.25, 0.3) is 0 Å². The molecular weight excluding hydrogens is 320 g/mol. The molecule has 1 aliphatic heterocycles. The van der Waals surface area contributed by atoms with Crippen LogP contribution >= 0.6 is 0 Å². The topological polar surface area (TPSA) is 59.1 Å². The van der Waals surface area contributed by atoms with E-state index >= 15 is 0 Å². The van der Waals surface area contributed by atoms with E-state index in [4.69, 9.17) is 9.47 Å². The number of hydrogen-bond donors (Lipinski definition) is 0. The molecule has 0 unspecified atom stereocenters. The molecule has 1 aliphatic rings. The van der Waals surface area contributed by atoms with E-state index in [0.29, 0.717) is 18.7 Å². The van der Waals surface area contributed by atoms with Gasteiger partial charge in [0.2, 0.25) is 0 Å². The van der Waals surface area contributed by atoms with E-state index in [1.54, 1.807) is 41.2 Å². The number of ether oxygens (including phenoxy) is 2. The van der Waals surface area contributed by atoms with Crippen LogP contribution in [0.2, 0.25) is 0 Å². The van der Waals surface area contributed by atoms with Crippen LogP contribution in [0.4, 0.5) is 4.79 Å². The second-order valence-corrected chi connectivity index (χ2v) is 7.34. The van der Waals surface area contributed by atoms with Gasteiger partial charge in [-0.15, -0.1) is 0 Å². The lowest BCUT2D eigenvalue weighted by Gasteiger charge is -2.37. The van der Waals surface area contributed by atoms with E-state index in [0.717, 1.165) is 18.6 Å². The van der Waals surface area contributed by atoms with E-state index in [1.165, 1.54) is 0 Å². The highest BCUT2D eigenvalue weighted by atomic mass is 16.6. The molecule has 1 aromatic carbocycles. The number of rotatable bonds is 3. The summed E-state index contributed by atoms with van der Waals surface area (Å²) in [5.41, 5.74) is 0.146. The zero-order chi connectivity index (χ0) is 18.6. The molecule has 0 spiro atoms. The second-order valence-electron chi connectivity index (χ2n) is 7.34. The highest BCUT2D eigenvalue weighted by Crippen LogP contribution is 2.20. The molecule has 25 heavy (non-hydrogen) atoms. The number of benzene rings is 1. The summed E-state index contributed by atoms with van der Waals surface area (Å²) in [6.07, 6.45) is 1.21. The summed E-state index contributed by atoms with van der Waals surface area (Å²) in [6, 6.07) is 7.23. The number of methoxy groups -OCH3 is 1. The van der Waals surface area contributed by atoms with E-state index in [9.17, 15) is 9.59 Å². The maximum Gasteiger partial charge on any atom is 0.410 e. The molecule has 138 valence electrons. The summed E-state index contributed by atoms with van der Waals surface area (Å²) in [4.78, 5) is 28.2. The number of carbonyl (C=O) groups is 2. The summed E-state index contributed by atoms with van der Waals surface area (Å²) in [6.45, 7) is 6.77. The maximum atomic E-state index is 12.6. The predicted molar refractivity (Wildman–Crippen MR) is 95.9 cm³/mol. The first-order valence-electron chi connectivity index (χ1n) is 8.60. The number of carbonyl (C=O) groups excluding carboxylic acids is 2. The van der Waals surface area contributed by atoms with Crippen molar-refractivity contribution in [1.82, 2.24) is 9.80 Å². The molecular formula is C19H28N2O4. The Balaban J connectivity index is 1.90. The van der Waals surface area contributed by atoms with Crippen LogP contribution in [-0.2, 0) is 4.74 Å². The van der Waals surface area contributed by atoms with E-state index in [-0.39, 0.29) is 18.0 Å². The van der Waals surface area contributed by atoms with Crippen LogP contribution < -0.4 is 4.74 Å². The third-order valence-electron chi connectivity index (χ3n) is 4.32. The van der Waals surface area contributed by atoms with Crippen molar-refractivity contribution in [3.05, 3.63) is 29.8 Å². The zero-order valence-corrected chi connectivity index (χ0v) is 15.7. The molecule has 1 fully saturated rings. The number of piperidine rings is 1. The summed E-state index contributed by atoms with van der Waals surface area (Å²) in [5.74, 6) is 0.711. The van der Waals surface area contributed by atoms with Crippen LogP contribution in [-0.4, -0.2) is 60.7 Å². The molecule has 0 radical (unpaired) electrons. The molecule has 2 rings (SSSR count). The number of nitrogens with zero attached hydrogens (tertiary/aromatic N) is 2. The number of hydrogen-bond acceptors (Lipinski definition) is 4. The molecule has 1 aromatic rings. The largest absolute Gasteiger partial charge is 0.497 e. The minimum Gasteiger partial charge on any atom is -0.497 e. The first-order chi connectivity index (χ1) is 11.7. The Hall–Kier alpha value is -2.24. The summed E-state index contributed by atoms with van der Waals surface area (Å²) < 4.78 is 10.5. The Morgan fingerprint density at radius 1 is 1.12 bits per heavy atom. The predicted octanol–water partition coefficient (Wildman–Crippen LogP) is 3.17.